The molecule has 19 heavy (non-hydrogen) atoms. The number of aromatic nitrogens is 3. The number of nitrogens with zero attached hydrogens (tertiary/aromatic N) is 5. The second-order valence-corrected chi connectivity index (χ2v) is 5.19. The Morgan fingerprint density at radius 3 is 2.00 bits per heavy atom. The predicted molar refractivity (Wildman–Crippen MR) is 80.6 cm³/mol. The van der Waals surface area contributed by atoms with Crippen molar-refractivity contribution in [3.63, 3.8) is 0 Å². The van der Waals surface area contributed by atoms with Gasteiger partial charge in [-0.15, -0.1) is 0 Å². The van der Waals surface area contributed by atoms with Crippen molar-refractivity contribution in [2.75, 3.05) is 35.7 Å². The quantitative estimate of drug-likeness (QED) is 0.848. The molecular weight excluding hydrogens is 240 g/mol. The van der Waals surface area contributed by atoms with E-state index in [1.807, 2.05) is 7.05 Å². The van der Waals surface area contributed by atoms with Crippen LogP contribution in [0.25, 0.3) is 0 Å². The topological polar surface area (TPSA) is 71.2 Å². The number of anilines is 3. The zero-order valence-corrected chi connectivity index (χ0v) is 12.9. The summed E-state index contributed by atoms with van der Waals surface area (Å²) >= 11 is 0. The van der Waals surface area contributed by atoms with Crippen molar-refractivity contribution in [2.45, 2.75) is 46.6 Å². The molecule has 0 saturated carbocycles. The van der Waals surface area contributed by atoms with Crippen LogP contribution in [0.3, 0.4) is 0 Å². The lowest BCUT2D eigenvalue weighted by molar-refractivity contribution is 0.463. The molecule has 0 atom stereocenters. The van der Waals surface area contributed by atoms with Crippen molar-refractivity contribution < 1.29 is 0 Å². The van der Waals surface area contributed by atoms with E-state index in [1.54, 1.807) is 0 Å². The molecule has 1 heterocycles. The average molecular weight is 266 g/mol. The number of hydrogen-bond donors (Lipinski definition) is 1. The molecule has 0 aliphatic rings. The maximum Gasteiger partial charge on any atom is 0.232 e. The zero-order chi connectivity index (χ0) is 14.6. The SMILES string of the molecule is CCN(CC)c1nc(N)nc(N(C)C(C)(C)CC)n1. The zero-order valence-electron chi connectivity index (χ0n) is 12.9. The van der Waals surface area contributed by atoms with E-state index in [0.717, 1.165) is 19.5 Å². The molecule has 0 unspecified atom stereocenters. The lowest BCUT2D eigenvalue weighted by Gasteiger charge is -2.35. The van der Waals surface area contributed by atoms with Crippen LogP contribution >= 0.6 is 0 Å². The van der Waals surface area contributed by atoms with Gasteiger partial charge in [0.05, 0.1) is 0 Å². The van der Waals surface area contributed by atoms with Crippen LogP contribution in [0.2, 0.25) is 0 Å². The summed E-state index contributed by atoms with van der Waals surface area (Å²) in [6, 6.07) is 0. The van der Waals surface area contributed by atoms with E-state index in [1.165, 1.54) is 0 Å². The van der Waals surface area contributed by atoms with Crippen molar-refractivity contribution >= 4 is 17.8 Å². The molecule has 6 heteroatoms. The van der Waals surface area contributed by atoms with E-state index >= 15 is 0 Å². The monoisotopic (exact) mass is 266 g/mol. The minimum Gasteiger partial charge on any atom is -0.368 e. The third kappa shape index (κ3) is 3.45. The Balaban J connectivity index is 3.16. The first-order valence-corrected chi connectivity index (χ1v) is 6.86. The summed E-state index contributed by atoms with van der Waals surface area (Å²) in [4.78, 5) is 17.1. The summed E-state index contributed by atoms with van der Waals surface area (Å²) in [7, 11) is 1.99. The maximum atomic E-state index is 5.81. The third-order valence-corrected chi connectivity index (χ3v) is 3.75. The molecule has 0 saturated heterocycles. The molecule has 0 amide bonds. The molecule has 0 fully saturated rings. The van der Waals surface area contributed by atoms with Gasteiger partial charge in [-0.05, 0) is 34.1 Å². The Bertz CT molecular complexity index is 414. The molecule has 1 rings (SSSR count). The van der Waals surface area contributed by atoms with Crippen LogP contribution in [0.1, 0.15) is 41.0 Å². The molecule has 1 aromatic heterocycles. The van der Waals surface area contributed by atoms with Crippen LogP contribution in [0, 0.1) is 0 Å². The molecule has 0 aliphatic heterocycles. The van der Waals surface area contributed by atoms with Gasteiger partial charge in [0.25, 0.3) is 0 Å². The molecule has 0 bridgehead atoms. The molecule has 0 spiro atoms. The summed E-state index contributed by atoms with van der Waals surface area (Å²) in [6.45, 7) is 12.3. The van der Waals surface area contributed by atoms with Gasteiger partial charge >= 0.3 is 0 Å². The largest absolute Gasteiger partial charge is 0.368 e. The lowest BCUT2D eigenvalue weighted by Crippen LogP contribution is -2.42. The summed E-state index contributed by atoms with van der Waals surface area (Å²) in [5.41, 5.74) is 5.79. The predicted octanol–water partition coefficient (Wildman–Crippen LogP) is 1.92. The Morgan fingerprint density at radius 2 is 1.53 bits per heavy atom. The van der Waals surface area contributed by atoms with Gasteiger partial charge in [0.2, 0.25) is 17.8 Å². The fourth-order valence-electron chi connectivity index (χ4n) is 1.68. The van der Waals surface area contributed by atoms with Crippen molar-refractivity contribution in [3.05, 3.63) is 0 Å². The van der Waals surface area contributed by atoms with Crippen molar-refractivity contribution in [3.8, 4) is 0 Å². The van der Waals surface area contributed by atoms with Crippen LogP contribution in [0.4, 0.5) is 17.8 Å². The van der Waals surface area contributed by atoms with Gasteiger partial charge < -0.3 is 15.5 Å². The normalized spacial score (nSPS) is 11.5. The first kappa shape index (κ1) is 15.5. The van der Waals surface area contributed by atoms with E-state index < -0.39 is 0 Å². The third-order valence-electron chi connectivity index (χ3n) is 3.75. The molecule has 0 aliphatic carbocycles. The molecule has 6 nitrogen and oxygen atoms in total. The first-order chi connectivity index (χ1) is 8.85. The Morgan fingerprint density at radius 1 is 1.00 bits per heavy atom. The molecule has 0 radical (unpaired) electrons. The molecule has 108 valence electrons. The average Bonchev–Trinajstić information content (AvgIpc) is 2.38. The highest BCUT2D eigenvalue weighted by Crippen LogP contribution is 2.23. The van der Waals surface area contributed by atoms with E-state index in [-0.39, 0.29) is 11.5 Å². The Hall–Kier alpha value is -1.59. The first-order valence-electron chi connectivity index (χ1n) is 6.86. The summed E-state index contributed by atoms with van der Waals surface area (Å²) in [6.07, 6.45) is 0.996. The van der Waals surface area contributed by atoms with Gasteiger partial charge in [0, 0.05) is 25.7 Å². The van der Waals surface area contributed by atoms with Gasteiger partial charge in [-0.2, -0.15) is 15.0 Å². The molecule has 0 aromatic carbocycles. The fourth-order valence-corrected chi connectivity index (χ4v) is 1.68. The molecular formula is C13H26N6. The number of rotatable bonds is 6. The standard InChI is InChI=1S/C13H26N6/c1-7-13(4,5)18(6)11-15-10(14)16-12(17-11)19(8-2)9-3/h7-9H2,1-6H3,(H2,14,15,16,17). The van der Waals surface area contributed by atoms with Gasteiger partial charge in [-0.3, -0.25) is 0 Å². The van der Waals surface area contributed by atoms with Crippen LogP contribution in [-0.2, 0) is 0 Å². The molecule has 2 N–H and O–H groups in total. The van der Waals surface area contributed by atoms with Crippen molar-refractivity contribution in [2.24, 2.45) is 0 Å². The second kappa shape index (κ2) is 6.04. The number of nitrogens with two attached hydrogens (primary N) is 1. The lowest BCUT2D eigenvalue weighted by atomic mass is 10.0. The second-order valence-electron chi connectivity index (χ2n) is 5.19. The molecule has 1 aromatic rings. The van der Waals surface area contributed by atoms with E-state index in [0.29, 0.717) is 11.9 Å². The highest BCUT2D eigenvalue weighted by Gasteiger charge is 2.24. The highest BCUT2D eigenvalue weighted by molar-refractivity contribution is 5.44. The van der Waals surface area contributed by atoms with Crippen molar-refractivity contribution in [1.29, 1.82) is 0 Å². The van der Waals surface area contributed by atoms with Crippen LogP contribution in [0.15, 0.2) is 0 Å². The smallest absolute Gasteiger partial charge is 0.232 e. The summed E-state index contributed by atoms with van der Waals surface area (Å²) < 4.78 is 0. The minimum absolute atomic E-state index is 0.0195. The fraction of sp³-hybridized carbons (Fsp3) is 0.769. The van der Waals surface area contributed by atoms with E-state index in [2.05, 4.69) is 59.4 Å². The minimum atomic E-state index is -0.0195. The maximum absolute atomic E-state index is 5.81. The van der Waals surface area contributed by atoms with Crippen molar-refractivity contribution in [1.82, 2.24) is 15.0 Å². The summed E-state index contributed by atoms with van der Waals surface area (Å²) in [5.74, 6) is 1.54. The van der Waals surface area contributed by atoms with Gasteiger partial charge in [0.1, 0.15) is 0 Å². The van der Waals surface area contributed by atoms with Crippen LogP contribution in [-0.4, -0.2) is 40.6 Å². The number of hydrogen-bond acceptors (Lipinski definition) is 6. The van der Waals surface area contributed by atoms with Crippen LogP contribution in [0.5, 0.6) is 0 Å². The Labute approximate surface area is 116 Å². The summed E-state index contributed by atoms with van der Waals surface area (Å²) in [5, 5.41) is 0. The van der Waals surface area contributed by atoms with E-state index in [4.69, 9.17) is 5.73 Å². The van der Waals surface area contributed by atoms with Gasteiger partial charge in [-0.25, -0.2) is 0 Å². The van der Waals surface area contributed by atoms with Gasteiger partial charge in [-0.1, -0.05) is 6.92 Å². The number of nitrogen functional groups attached to an aromatic ring is 1. The highest BCUT2D eigenvalue weighted by atomic mass is 15.4. The van der Waals surface area contributed by atoms with E-state index in [9.17, 15) is 0 Å². The van der Waals surface area contributed by atoms with Crippen LogP contribution < -0.4 is 15.5 Å². The van der Waals surface area contributed by atoms with Gasteiger partial charge in [0.15, 0.2) is 0 Å². The Kier molecular flexibility index (Phi) is 4.91.